The van der Waals surface area contributed by atoms with Gasteiger partial charge in [0.05, 0.1) is 19.9 Å². The molecule has 0 aliphatic heterocycles. The van der Waals surface area contributed by atoms with Crippen LogP contribution >= 0.6 is 0 Å². The number of hydrogen-bond acceptors (Lipinski definition) is 4. The van der Waals surface area contributed by atoms with Gasteiger partial charge < -0.3 is 14.8 Å². The van der Waals surface area contributed by atoms with Crippen LogP contribution in [-0.4, -0.2) is 30.3 Å². The van der Waals surface area contributed by atoms with E-state index in [1.165, 1.54) is 7.11 Å². The van der Waals surface area contributed by atoms with E-state index in [9.17, 15) is 4.79 Å². The second-order valence-electron chi connectivity index (χ2n) is 4.34. The predicted molar refractivity (Wildman–Crippen MR) is 75.6 cm³/mol. The molecule has 1 heterocycles. The van der Waals surface area contributed by atoms with Crippen molar-refractivity contribution in [3.8, 4) is 11.5 Å². The number of hydrogen-bond donors (Lipinski definition) is 2. The van der Waals surface area contributed by atoms with Gasteiger partial charge in [0.25, 0.3) is 5.91 Å². The molecule has 20 heavy (non-hydrogen) atoms. The molecule has 2 rings (SSSR count). The third kappa shape index (κ3) is 2.59. The van der Waals surface area contributed by atoms with E-state index in [0.717, 1.165) is 11.3 Å². The highest BCUT2D eigenvalue weighted by molar-refractivity contribution is 6.04. The van der Waals surface area contributed by atoms with Crippen molar-refractivity contribution in [1.29, 1.82) is 0 Å². The molecular weight excluding hydrogens is 258 g/mol. The Morgan fingerprint density at radius 1 is 1.25 bits per heavy atom. The van der Waals surface area contributed by atoms with E-state index >= 15 is 0 Å². The number of aromatic amines is 1. The van der Waals surface area contributed by atoms with Crippen molar-refractivity contribution in [2.75, 3.05) is 19.5 Å². The zero-order valence-electron chi connectivity index (χ0n) is 11.9. The first-order valence-electron chi connectivity index (χ1n) is 6.11. The van der Waals surface area contributed by atoms with Gasteiger partial charge in [-0.2, -0.15) is 5.10 Å². The standard InChI is InChI=1S/C14H17N3O3/c1-8-9(2)16-17-13(8)14(18)15-11-6-5-10(19-3)7-12(11)20-4/h5-7H,1-4H3,(H,15,18)(H,16,17). The van der Waals surface area contributed by atoms with E-state index in [1.54, 1.807) is 25.3 Å². The number of aryl methyl sites for hydroxylation is 1. The maximum Gasteiger partial charge on any atom is 0.276 e. The molecule has 0 saturated carbocycles. The molecule has 106 valence electrons. The molecule has 0 spiro atoms. The van der Waals surface area contributed by atoms with Crippen LogP contribution in [0.3, 0.4) is 0 Å². The molecule has 0 bridgehead atoms. The second-order valence-corrected chi connectivity index (χ2v) is 4.34. The van der Waals surface area contributed by atoms with Crippen LogP contribution in [0.2, 0.25) is 0 Å². The van der Waals surface area contributed by atoms with Gasteiger partial charge in [-0.15, -0.1) is 0 Å². The summed E-state index contributed by atoms with van der Waals surface area (Å²) in [5, 5.41) is 9.57. The van der Waals surface area contributed by atoms with Crippen LogP contribution in [0, 0.1) is 13.8 Å². The van der Waals surface area contributed by atoms with Crippen molar-refractivity contribution in [2.24, 2.45) is 0 Å². The van der Waals surface area contributed by atoms with Crippen LogP contribution in [-0.2, 0) is 0 Å². The van der Waals surface area contributed by atoms with E-state index in [0.29, 0.717) is 22.9 Å². The van der Waals surface area contributed by atoms with Crippen LogP contribution in [0.15, 0.2) is 18.2 Å². The van der Waals surface area contributed by atoms with Crippen molar-refractivity contribution in [2.45, 2.75) is 13.8 Å². The monoisotopic (exact) mass is 275 g/mol. The van der Waals surface area contributed by atoms with Crippen LogP contribution < -0.4 is 14.8 Å². The fraction of sp³-hybridized carbons (Fsp3) is 0.286. The number of carbonyl (C=O) groups is 1. The fourth-order valence-corrected chi connectivity index (χ4v) is 1.79. The summed E-state index contributed by atoms with van der Waals surface area (Å²) in [5.41, 5.74) is 2.64. The molecule has 0 fully saturated rings. The molecule has 0 saturated heterocycles. The Bertz CT molecular complexity index is 635. The van der Waals surface area contributed by atoms with Crippen LogP contribution in [0.25, 0.3) is 0 Å². The average molecular weight is 275 g/mol. The molecular formula is C14H17N3O3. The lowest BCUT2D eigenvalue weighted by Crippen LogP contribution is -2.14. The minimum absolute atomic E-state index is 0.282. The molecule has 0 radical (unpaired) electrons. The predicted octanol–water partition coefficient (Wildman–Crippen LogP) is 2.30. The largest absolute Gasteiger partial charge is 0.497 e. The molecule has 0 atom stereocenters. The van der Waals surface area contributed by atoms with Gasteiger partial charge in [0, 0.05) is 17.3 Å². The van der Waals surface area contributed by atoms with Gasteiger partial charge in [0.15, 0.2) is 5.69 Å². The van der Waals surface area contributed by atoms with E-state index < -0.39 is 0 Å². The molecule has 2 N–H and O–H groups in total. The number of nitrogens with zero attached hydrogens (tertiary/aromatic N) is 1. The Morgan fingerprint density at radius 2 is 2.00 bits per heavy atom. The maximum absolute atomic E-state index is 12.2. The molecule has 0 aliphatic rings. The molecule has 6 nitrogen and oxygen atoms in total. The lowest BCUT2D eigenvalue weighted by Gasteiger charge is -2.11. The zero-order chi connectivity index (χ0) is 14.7. The minimum atomic E-state index is -0.282. The summed E-state index contributed by atoms with van der Waals surface area (Å²) in [6.45, 7) is 3.71. The molecule has 2 aromatic rings. The van der Waals surface area contributed by atoms with Gasteiger partial charge in [-0.3, -0.25) is 9.89 Å². The van der Waals surface area contributed by atoms with Gasteiger partial charge in [0.1, 0.15) is 11.5 Å². The maximum atomic E-state index is 12.2. The first-order valence-corrected chi connectivity index (χ1v) is 6.11. The highest BCUT2D eigenvalue weighted by atomic mass is 16.5. The normalized spacial score (nSPS) is 10.2. The van der Waals surface area contributed by atoms with Gasteiger partial charge in [-0.25, -0.2) is 0 Å². The molecule has 6 heteroatoms. The SMILES string of the molecule is COc1ccc(NC(=O)c2n[nH]c(C)c2C)c(OC)c1. The van der Waals surface area contributed by atoms with E-state index in [-0.39, 0.29) is 5.91 Å². The number of H-pyrrole nitrogens is 1. The number of ether oxygens (including phenoxy) is 2. The highest BCUT2D eigenvalue weighted by Crippen LogP contribution is 2.29. The number of anilines is 1. The van der Waals surface area contributed by atoms with Gasteiger partial charge >= 0.3 is 0 Å². The number of methoxy groups -OCH3 is 2. The van der Waals surface area contributed by atoms with Crippen LogP contribution in [0.4, 0.5) is 5.69 Å². The summed E-state index contributed by atoms with van der Waals surface area (Å²) in [6, 6.07) is 5.18. The van der Waals surface area contributed by atoms with Gasteiger partial charge in [0.2, 0.25) is 0 Å². The number of benzene rings is 1. The Labute approximate surface area is 117 Å². The van der Waals surface area contributed by atoms with Crippen molar-refractivity contribution in [3.05, 3.63) is 35.2 Å². The zero-order valence-corrected chi connectivity index (χ0v) is 11.9. The third-order valence-electron chi connectivity index (χ3n) is 3.13. The highest BCUT2D eigenvalue weighted by Gasteiger charge is 2.16. The number of rotatable bonds is 4. The first kappa shape index (κ1) is 13.9. The summed E-state index contributed by atoms with van der Waals surface area (Å²) in [6.07, 6.45) is 0. The summed E-state index contributed by atoms with van der Waals surface area (Å²) >= 11 is 0. The van der Waals surface area contributed by atoms with Crippen LogP contribution in [0.1, 0.15) is 21.7 Å². The molecule has 1 amide bonds. The Kier molecular flexibility index (Phi) is 3.93. The lowest BCUT2D eigenvalue weighted by atomic mass is 10.2. The summed E-state index contributed by atoms with van der Waals surface area (Å²) in [7, 11) is 3.11. The first-order chi connectivity index (χ1) is 9.56. The van der Waals surface area contributed by atoms with E-state index in [4.69, 9.17) is 9.47 Å². The van der Waals surface area contributed by atoms with E-state index in [2.05, 4.69) is 15.5 Å². The second kappa shape index (κ2) is 5.64. The molecule has 0 aliphatic carbocycles. The van der Waals surface area contributed by atoms with Crippen molar-refractivity contribution >= 4 is 11.6 Å². The smallest absolute Gasteiger partial charge is 0.276 e. The summed E-state index contributed by atoms with van der Waals surface area (Å²) < 4.78 is 10.4. The minimum Gasteiger partial charge on any atom is -0.497 e. The summed E-state index contributed by atoms with van der Waals surface area (Å²) in [4.78, 5) is 12.2. The fourth-order valence-electron chi connectivity index (χ4n) is 1.79. The Balaban J connectivity index is 2.25. The quantitative estimate of drug-likeness (QED) is 0.897. The van der Waals surface area contributed by atoms with Crippen molar-refractivity contribution < 1.29 is 14.3 Å². The molecule has 1 aromatic heterocycles. The third-order valence-corrected chi connectivity index (χ3v) is 3.13. The number of carbonyl (C=O) groups excluding carboxylic acids is 1. The van der Waals surface area contributed by atoms with Crippen molar-refractivity contribution in [1.82, 2.24) is 10.2 Å². The van der Waals surface area contributed by atoms with Crippen molar-refractivity contribution in [3.63, 3.8) is 0 Å². The van der Waals surface area contributed by atoms with Gasteiger partial charge in [-0.1, -0.05) is 0 Å². The molecule has 1 aromatic carbocycles. The Hall–Kier alpha value is -2.50. The number of amides is 1. The number of nitrogens with one attached hydrogen (secondary N) is 2. The topological polar surface area (TPSA) is 76.2 Å². The van der Waals surface area contributed by atoms with Gasteiger partial charge in [-0.05, 0) is 26.0 Å². The van der Waals surface area contributed by atoms with Crippen LogP contribution in [0.5, 0.6) is 11.5 Å². The van der Waals surface area contributed by atoms with E-state index in [1.807, 2.05) is 13.8 Å². The lowest BCUT2D eigenvalue weighted by molar-refractivity contribution is 0.102. The number of aromatic nitrogens is 2. The average Bonchev–Trinajstić information content (AvgIpc) is 2.79. The summed E-state index contributed by atoms with van der Waals surface area (Å²) in [5.74, 6) is 0.907. The molecule has 0 unspecified atom stereocenters. The Morgan fingerprint density at radius 3 is 2.55 bits per heavy atom.